The van der Waals surface area contributed by atoms with E-state index in [0.29, 0.717) is 36.0 Å². The summed E-state index contributed by atoms with van der Waals surface area (Å²) in [4.78, 5) is 27.1. The number of likely N-dealkylation sites (tertiary alicyclic amines) is 1. The molecule has 0 bridgehead atoms. The van der Waals surface area contributed by atoms with Gasteiger partial charge >= 0.3 is 5.97 Å². The molecule has 3 rings (SSSR count). The summed E-state index contributed by atoms with van der Waals surface area (Å²) in [5.41, 5.74) is 0.727. The Morgan fingerprint density at radius 2 is 1.96 bits per heavy atom. The molecule has 1 saturated heterocycles. The van der Waals surface area contributed by atoms with Gasteiger partial charge in [0.05, 0.1) is 10.8 Å². The molecule has 1 aliphatic rings. The number of amides is 1. The predicted molar refractivity (Wildman–Crippen MR) is 99.2 cm³/mol. The largest absolute Gasteiger partial charge is 0.461 e. The Bertz CT molecular complexity index is 756. The number of nitrogens with zero attached hydrogens (tertiary/aromatic N) is 1. The summed E-state index contributed by atoms with van der Waals surface area (Å²) in [6.07, 6.45) is 1.23. The van der Waals surface area contributed by atoms with Crippen molar-refractivity contribution in [2.45, 2.75) is 19.4 Å². The number of hydrogen-bond acceptors (Lipinski definition) is 4. The Morgan fingerprint density at radius 3 is 2.60 bits per heavy atom. The molecular weight excluding hydrogens is 381 g/mol. The normalized spacial score (nSPS) is 15.2. The van der Waals surface area contributed by atoms with Crippen LogP contribution in [0.3, 0.4) is 0 Å². The van der Waals surface area contributed by atoms with Crippen molar-refractivity contribution in [3.05, 3.63) is 56.2 Å². The second-order valence-corrected chi connectivity index (χ2v) is 7.68. The van der Waals surface area contributed by atoms with Crippen LogP contribution in [0.5, 0.6) is 0 Å². The molecule has 4 nitrogen and oxygen atoms in total. The summed E-state index contributed by atoms with van der Waals surface area (Å²) in [7, 11) is 0. The van der Waals surface area contributed by atoms with Gasteiger partial charge in [0.15, 0.2) is 0 Å². The highest BCUT2D eigenvalue weighted by Crippen LogP contribution is 2.24. The molecule has 1 amide bonds. The first kappa shape index (κ1) is 18.2. The van der Waals surface area contributed by atoms with Crippen LogP contribution in [0, 0.1) is 5.92 Å². The second-order valence-electron chi connectivity index (χ2n) is 5.89. The Labute approximate surface area is 160 Å². The van der Waals surface area contributed by atoms with Gasteiger partial charge < -0.3 is 9.64 Å². The lowest BCUT2D eigenvalue weighted by Crippen LogP contribution is -2.40. The van der Waals surface area contributed by atoms with Crippen LogP contribution in [0.1, 0.15) is 28.1 Å². The van der Waals surface area contributed by atoms with Crippen LogP contribution < -0.4 is 0 Å². The summed E-state index contributed by atoms with van der Waals surface area (Å²) in [5, 5.41) is 2.92. The number of thiophene rings is 1. The molecule has 1 aromatic heterocycles. The molecule has 0 saturated carbocycles. The third-order valence-electron chi connectivity index (χ3n) is 4.23. The first-order valence-corrected chi connectivity index (χ1v) is 9.61. The van der Waals surface area contributed by atoms with E-state index in [1.807, 2.05) is 17.5 Å². The van der Waals surface area contributed by atoms with Crippen LogP contribution in [-0.4, -0.2) is 29.9 Å². The van der Waals surface area contributed by atoms with Crippen LogP contribution in [0.15, 0.2) is 35.7 Å². The number of carbonyl (C=O) groups is 2. The van der Waals surface area contributed by atoms with E-state index in [0.717, 1.165) is 10.4 Å². The number of carbonyl (C=O) groups excluding carboxylic acids is 2. The zero-order valence-electron chi connectivity index (χ0n) is 13.4. The highest BCUT2D eigenvalue weighted by molar-refractivity contribution is 7.12. The van der Waals surface area contributed by atoms with Gasteiger partial charge in [-0.25, -0.2) is 0 Å². The molecule has 0 N–H and O–H groups in total. The maximum absolute atomic E-state index is 12.3. The van der Waals surface area contributed by atoms with E-state index in [-0.39, 0.29) is 24.4 Å². The van der Waals surface area contributed by atoms with Crippen molar-refractivity contribution in [3.63, 3.8) is 0 Å². The van der Waals surface area contributed by atoms with E-state index in [4.69, 9.17) is 27.9 Å². The number of benzene rings is 1. The molecule has 0 atom stereocenters. The summed E-state index contributed by atoms with van der Waals surface area (Å²) >= 11 is 13.4. The van der Waals surface area contributed by atoms with Crippen molar-refractivity contribution in [3.8, 4) is 0 Å². The van der Waals surface area contributed by atoms with E-state index in [9.17, 15) is 9.59 Å². The molecule has 1 fully saturated rings. The fraction of sp³-hybridized carbons (Fsp3) is 0.333. The molecule has 25 heavy (non-hydrogen) atoms. The number of piperidine rings is 1. The third kappa shape index (κ3) is 4.54. The highest BCUT2D eigenvalue weighted by atomic mass is 35.5. The monoisotopic (exact) mass is 397 g/mol. The lowest BCUT2D eigenvalue weighted by molar-refractivity contribution is -0.151. The van der Waals surface area contributed by atoms with Gasteiger partial charge in [-0.1, -0.05) is 35.3 Å². The van der Waals surface area contributed by atoms with Crippen LogP contribution >= 0.6 is 34.5 Å². The van der Waals surface area contributed by atoms with E-state index in [2.05, 4.69) is 0 Å². The highest BCUT2D eigenvalue weighted by Gasteiger charge is 2.29. The third-order valence-corrected chi connectivity index (χ3v) is 5.68. The van der Waals surface area contributed by atoms with Gasteiger partial charge in [-0.05, 0) is 36.4 Å². The van der Waals surface area contributed by atoms with Gasteiger partial charge in [0.1, 0.15) is 6.61 Å². The van der Waals surface area contributed by atoms with Crippen molar-refractivity contribution >= 4 is 46.4 Å². The maximum atomic E-state index is 12.3. The molecule has 1 aliphatic heterocycles. The molecule has 0 radical (unpaired) electrons. The van der Waals surface area contributed by atoms with Crippen molar-refractivity contribution in [1.82, 2.24) is 4.90 Å². The molecule has 2 heterocycles. The molecule has 2 aromatic rings. The van der Waals surface area contributed by atoms with E-state index in [1.165, 1.54) is 11.3 Å². The lowest BCUT2D eigenvalue weighted by Gasteiger charge is -2.30. The molecular formula is C18H17Cl2NO3S. The number of halogens is 2. The van der Waals surface area contributed by atoms with Crippen LogP contribution in [-0.2, 0) is 16.1 Å². The molecule has 1 aromatic carbocycles. The maximum Gasteiger partial charge on any atom is 0.309 e. The second kappa shape index (κ2) is 8.21. The summed E-state index contributed by atoms with van der Waals surface area (Å²) < 4.78 is 5.39. The van der Waals surface area contributed by atoms with Gasteiger partial charge in [0, 0.05) is 28.7 Å². The molecule has 0 aliphatic carbocycles. The number of rotatable bonds is 4. The number of hydrogen-bond donors (Lipinski definition) is 0. The zero-order valence-corrected chi connectivity index (χ0v) is 15.7. The topological polar surface area (TPSA) is 46.6 Å². The molecule has 0 unspecified atom stereocenters. The smallest absolute Gasteiger partial charge is 0.309 e. The fourth-order valence-electron chi connectivity index (χ4n) is 2.78. The first-order chi connectivity index (χ1) is 12.0. The fourth-order valence-corrected chi connectivity index (χ4v) is 3.93. The van der Waals surface area contributed by atoms with Gasteiger partial charge in [0.25, 0.3) is 5.91 Å². The quantitative estimate of drug-likeness (QED) is 0.705. The van der Waals surface area contributed by atoms with Crippen molar-refractivity contribution in [1.29, 1.82) is 0 Å². The van der Waals surface area contributed by atoms with Gasteiger partial charge in [0.2, 0.25) is 0 Å². The van der Waals surface area contributed by atoms with Crippen molar-refractivity contribution in [2.75, 3.05) is 13.1 Å². The average Bonchev–Trinajstić information content (AvgIpc) is 3.15. The first-order valence-electron chi connectivity index (χ1n) is 7.98. The number of esters is 1. The SMILES string of the molecule is O=C(OCc1ccc(Cl)cc1Cl)C1CCN(C(=O)c2cccs2)CC1. The standard InChI is InChI=1S/C18H17Cl2NO3S/c19-14-4-3-13(15(20)10-14)11-24-18(23)12-5-7-21(8-6-12)17(22)16-2-1-9-25-16/h1-4,9-10,12H,5-8,11H2. The minimum Gasteiger partial charge on any atom is -0.461 e. The Morgan fingerprint density at radius 1 is 1.20 bits per heavy atom. The van der Waals surface area contributed by atoms with E-state index in [1.54, 1.807) is 23.1 Å². The summed E-state index contributed by atoms with van der Waals surface area (Å²) in [5.74, 6) is -0.387. The molecule has 7 heteroatoms. The Kier molecular flexibility index (Phi) is 5.99. The van der Waals surface area contributed by atoms with Gasteiger partial charge in [-0.2, -0.15) is 0 Å². The van der Waals surface area contributed by atoms with E-state index < -0.39 is 0 Å². The van der Waals surface area contributed by atoms with Gasteiger partial charge in [-0.15, -0.1) is 11.3 Å². The Balaban J connectivity index is 1.49. The van der Waals surface area contributed by atoms with Gasteiger partial charge in [-0.3, -0.25) is 9.59 Å². The van der Waals surface area contributed by atoms with Crippen LogP contribution in [0.25, 0.3) is 0 Å². The summed E-state index contributed by atoms with van der Waals surface area (Å²) in [6.45, 7) is 1.26. The molecule has 0 spiro atoms. The summed E-state index contributed by atoms with van der Waals surface area (Å²) in [6, 6.07) is 8.78. The average molecular weight is 398 g/mol. The van der Waals surface area contributed by atoms with E-state index >= 15 is 0 Å². The predicted octanol–water partition coefficient (Wildman–Crippen LogP) is 4.65. The van der Waals surface area contributed by atoms with Crippen LogP contribution in [0.2, 0.25) is 10.0 Å². The molecule has 132 valence electrons. The lowest BCUT2D eigenvalue weighted by atomic mass is 9.97. The Hall–Kier alpha value is -1.56. The van der Waals surface area contributed by atoms with Crippen molar-refractivity contribution < 1.29 is 14.3 Å². The van der Waals surface area contributed by atoms with Crippen molar-refractivity contribution in [2.24, 2.45) is 5.92 Å². The zero-order chi connectivity index (χ0) is 17.8. The number of ether oxygens (including phenoxy) is 1. The minimum absolute atomic E-state index is 0.0368. The minimum atomic E-state index is -0.241. The van der Waals surface area contributed by atoms with Crippen LogP contribution in [0.4, 0.5) is 0 Å².